The third kappa shape index (κ3) is 8.80. The monoisotopic (exact) mass is 345 g/mol. The number of benzene rings is 1. The normalized spacial score (nSPS) is 11.2. The molecule has 23 heavy (non-hydrogen) atoms. The highest BCUT2D eigenvalue weighted by Crippen LogP contribution is 2.10. The lowest BCUT2D eigenvalue weighted by Gasteiger charge is -2.19. The number of ether oxygens (including phenoxy) is 1. The van der Waals surface area contributed by atoms with Gasteiger partial charge < -0.3 is 20.3 Å². The molecule has 1 atom stereocenters. The Morgan fingerprint density at radius 2 is 1.61 bits per heavy atom. The zero-order valence-electron chi connectivity index (χ0n) is 13.1. The summed E-state index contributed by atoms with van der Waals surface area (Å²) in [7, 11) is 1.40. The predicted octanol–water partition coefficient (Wildman–Crippen LogP) is 1.78. The van der Waals surface area contributed by atoms with Gasteiger partial charge in [0, 0.05) is 11.6 Å². The summed E-state index contributed by atoms with van der Waals surface area (Å²) >= 11 is 5.80. The molecule has 0 aliphatic rings. The summed E-state index contributed by atoms with van der Waals surface area (Å²) in [5, 5.41) is 18.7. The first kappa shape index (κ1) is 20.9. The van der Waals surface area contributed by atoms with Gasteiger partial charge in [-0.25, -0.2) is 9.59 Å². The Balaban J connectivity index is 0.000000688. The van der Waals surface area contributed by atoms with E-state index in [1.54, 1.807) is 0 Å². The fourth-order valence-electron chi connectivity index (χ4n) is 1.55. The fourth-order valence-corrected chi connectivity index (χ4v) is 1.67. The predicted molar refractivity (Wildman–Crippen MR) is 84.2 cm³/mol. The second-order valence-electron chi connectivity index (χ2n) is 4.86. The summed E-state index contributed by atoms with van der Waals surface area (Å²) < 4.78 is 4.76. The number of esters is 1. The smallest absolute Gasteiger partial charge is 0.414 e. The van der Waals surface area contributed by atoms with Crippen LogP contribution in [0, 0.1) is 5.92 Å². The van der Waals surface area contributed by atoms with Crippen molar-refractivity contribution in [3.05, 3.63) is 34.9 Å². The van der Waals surface area contributed by atoms with Crippen LogP contribution in [0.3, 0.4) is 0 Å². The van der Waals surface area contributed by atoms with Crippen molar-refractivity contribution in [2.45, 2.75) is 26.4 Å². The minimum absolute atomic E-state index is 0.190. The van der Waals surface area contributed by atoms with Gasteiger partial charge in [0.05, 0.1) is 7.11 Å². The average molecular weight is 346 g/mol. The molecule has 0 aromatic heterocycles. The zero-order chi connectivity index (χ0) is 18.0. The maximum absolute atomic E-state index is 11.5. The number of rotatable bonds is 5. The molecule has 0 spiro atoms. The van der Waals surface area contributed by atoms with E-state index in [1.165, 1.54) is 7.11 Å². The lowest BCUT2D eigenvalue weighted by molar-refractivity contribution is -0.159. The molecule has 8 heteroatoms. The first-order valence-electron chi connectivity index (χ1n) is 6.70. The molecule has 0 amide bonds. The maximum Gasteiger partial charge on any atom is 0.414 e. The molecule has 0 fully saturated rings. The molecule has 0 aliphatic carbocycles. The standard InChI is InChI=1S/C13H18ClNO2.C2H2O4/c1-9(2)12(13(16)17-3)15-8-10-4-6-11(14)7-5-10;3-1(4)2(5)6/h4-7,9,12,15H,8H2,1-3H3;(H,3,4)(H,5,6). The molecule has 3 N–H and O–H groups in total. The zero-order valence-corrected chi connectivity index (χ0v) is 13.8. The topological polar surface area (TPSA) is 113 Å². The molecule has 0 saturated heterocycles. The highest BCUT2D eigenvalue weighted by Gasteiger charge is 2.21. The van der Waals surface area contributed by atoms with Crippen LogP contribution < -0.4 is 5.32 Å². The van der Waals surface area contributed by atoms with E-state index in [4.69, 9.17) is 36.1 Å². The number of methoxy groups -OCH3 is 1. The maximum atomic E-state index is 11.5. The van der Waals surface area contributed by atoms with E-state index in [0.717, 1.165) is 5.56 Å². The Kier molecular flexibility index (Phi) is 9.60. The third-order valence-electron chi connectivity index (χ3n) is 2.74. The van der Waals surface area contributed by atoms with Crippen LogP contribution in [0.25, 0.3) is 0 Å². The van der Waals surface area contributed by atoms with Crippen LogP contribution in [0.4, 0.5) is 0 Å². The second kappa shape index (κ2) is 10.6. The van der Waals surface area contributed by atoms with Crippen molar-refractivity contribution in [1.29, 1.82) is 0 Å². The summed E-state index contributed by atoms with van der Waals surface area (Å²) in [5.41, 5.74) is 1.09. The summed E-state index contributed by atoms with van der Waals surface area (Å²) in [6.45, 7) is 4.59. The van der Waals surface area contributed by atoms with Crippen LogP contribution >= 0.6 is 11.6 Å². The lowest BCUT2D eigenvalue weighted by atomic mass is 10.0. The number of hydrogen-bond donors (Lipinski definition) is 3. The summed E-state index contributed by atoms with van der Waals surface area (Å²) in [4.78, 5) is 29.7. The molecule has 0 radical (unpaired) electrons. The van der Waals surface area contributed by atoms with Gasteiger partial charge in [0.15, 0.2) is 0 Å². The number of carboxylic acid groups (broad SMARTS) is 2. The molecule has 0 bridgehead atoms. The van der Waals surface area contributed by atoms with Crippen molar-refractivity contribution in [3.8, 4) is 0 Å². The van der Waals surface area contributed by atoms with Crippen molar-refractivity contribution in [2.75, 3.05) is 7.11 Å². The van der Waals surface area contributed by atoms with Gasteiger partial charge in [-0.3, -0.25) is 4.79 Å². The van der Waals surface area contributed by atoms with Crippen LogP contribution in [0.15, 0.2) is 24.3 Å². The quantitative estimate of drug-likeness (QED) is 0.550. The fraction of sp³-hybridized carbons (Fsp3) is 0.400. The highest BCUT2D eigenvalue weighted by molar-refractivity contribution is 6.30. The number of nitrogens with one attached hydrogen (secondary N) is 1. The van der Waals surface area contributed by atoms with E-state index in [9.17, 15) is 4.79 Å². The van der Waals surface area contributed by atoms with Crippen molar-refractivity contribution >= 4 is 29.5 Å². The van der Waals surface area contributed by atoms with Crippen molar-refractivity contribution in [3.63, 3.8) is 0 Å². The Labute approximate surface area is 139 Å². The molecular formula is C15H20ClNO6. The molecule has 0 heterocycles. The van der Waals surface area contributed by atoms with Crippen LogP contribution in [-0.4, -0.2) is 41.3 Å². The van der Waals surface area contributed by atoms with Gasteiger partial charge in [-0.1, -0.05) is 37.6 Å². The Bertz CT molecular complexity index is 517. The van der Waals surface area contributed by atoms with E-state index >= 15 is 0 Å². The minimum Gasteiger partial charge on any atom is -0.473 e. The number of hydrogen-bond acceptors (Lipinski definition) is 5. The van der Waals surface area contributed by atoms with Crippen LogP contribution in [0.5, 0.6) is 0 Å². The molecule has 7 nitrogen and oxygen atoms in total. The molecular weight excluding hydrogens is 326 g/mol. The average Bonchev–Trinajstić information content (AvgIpc) is 2.49. The Morgan fingerprint density at radius 3 is 1.96 bits per heavy atom. The Morgan fingerprint density at radius 1 is 1.13 bits per heavy atom. The third-order valence-corrected chi connectivity index (χ3v) is 3.00. The molecule has 0 saturated carbocycles. The highest BCUT2D eigenvalue weighted by atomic mass is 35.5. The van der Waals surface area contributed by atoms with Gasteiger partial charge in [-0.2, -0.15) is 0 Å². The summed E-state index contributed by atoms with van der Waals surface area (Å²) in [5.74, 6) is -3.69. The number of carbonyl (C=O) groups is 3. The van der Waals surface area contributed by atoms with Gasteiger partial charge in [0.25, 0.3) is 0 Å². The SMILES string of the molecule is COC(=O)C(NCc1ccc(Cl)cc1)C(C)C.O=C(O)C(=O)O. The van der Waals surface area contributed by atoms with E-state index in [0.29, 0.717) is 11.6 Å². The molecule has 0 aliphatic heterocycles. The van der Waals surface area contributed by atoms with E-state index < -0.39 is 11.9 Å². The first-order valence-corrected chi connectivity index (χ1v) is 7.08. The van der Waals surface area contributed by atoms with Crippen LogP contribution in [-0.2, 0) is 25.7 Å². The van der Waals surface area contributed by atoms with Crippen molar-refractivity contribution in [1.82, 2.24) is 5.32 Å². The largest absolute Gasteiger partial charge is 0.473 e. The van der Waals surface area contributed by atoms with Gasteiger partial charge >= 0.3 is 17.9 Å². The van der Waals surface area contributed by atoms with Crippen molar-refractivity contribution in [2.24, 2.45) is 5.92 Å². The van der Waals surface area contributed by atoms with E-state index in [1.807, 2.05) is 38.1 Å². The number of halogens is 1. The van der Waals surface area contributed by atoms with Gasteiger partial charge in [0.2, 0.25) is 0 Å². The number of aliphatic carboxylic acids is 2. The summed E-state index contributed by atoms with van der Waals surface area (Å²) in [6, 6.07) is 7.26. The second-order valence-corrected chi connectivity index (χ2v) is 5.30. The van der Waals surface area contributed by atoms with Gasteiger partial charge in [-0.05, 0) is 23.6 Å². The van der Waals surface area contributed by atoms with Crippen molar-refractivity contribution < 1.29 is 29.3 Å². The Hall–Kier alpha value is -2.12. The van der Waals surface area contributed by atoms with Gasteiger partial charge in [-0.15, -0.1) is 0 Å². The number of carboxylic acids is 2. The molecule has 1 rings (SSSR count). The van der Waals surface area contributed by atoms with Crippen LogP contribution in [0.1, 0.15) is 19.4 Å². The molecule has 1 aromatic carbocycles. The molecule has 128 valence electrons. The first-order chi connectivity index (χ1) is 10.7. The molecule has 1 unspecified atom stereocenters. The minimum atomic E-state index is -1.82. The van der Waals surface area contributed by atoms with E-state index in [-0.39, 0.29) is 17.9 Å². The van der Waals surface area contributed by atoms with Crippen LogP contribution in [0.2, 0.25) is 5.02 Å². The summed E-state index contributed by atoms with van der Waals surface area (Å²) in [6.07, 6.45) is 0. The lowest BCUT2D eigenvalue weighted by Crippen LogP contribution is -2.41. The van der Waals surface area contributed by atoms with Gasteiger partial charge in [0.1, 0.15) is 6.04 Å². The van der Waals surface area contributed by atoms with E-state index in [2.05, 4.69) is 5.32 Å². The molecule has 1 aromatic rings. The number of carbonyl (C=O) groups excluding carboxylic acids is 1.